The third-order valence-corrected chi connectivity index (χ3v) is 4.32. The van der Waals surface area contributed by atoms with Gasteiger partial charge in [0.05, 0.1) is 29.2 Å². The Bertz CT molecular complexity index is 1080. The summed E-state index contributed by atoms with van der Waals surface area (Å²) in [6.07, 6.45) is -4.61. The number of benzene rings is 1. The van der Waals surface area contributed by atoms with Crippen LogP contribution in [0.25, 0.3) is 0 Å². The minimum atomic E-state index is -4.61. The van der Waals surface area contributed by atoms with Crippen LogP contribution < -0.4 is 16.6 Å². The first-order valence-electron chi connectivity index (χ1n) is 8.32. The molecule has 0 saturated carbocycles. The van der Waals surface area contributed by atoms with E-state index in [0.29, 0.717) is 0 Å². The first-order valence-corrected chi connectivity index (χ1v) is 8.32. The Morgan fingerprint density at radius 3 is 2.57 bits per heavy atom. The molecular weight excluding hydrogens is 379 g/mol. The Morgan fingerprint density at radius 1 is 1.21 bits per heavy atom. The molecule has 0 saturated heterocycles. The molecule has 3 N–H and O–H groups in total. The van der Waals surface area contributed by atoms with Crippen LogP contribution in [0.4, 0.5) is 19.0 Å². The normalized spacial score (nSPS) is 16.4. The number of allylic oxidation sites excluding steroid dienone is 1. The van der Waals surface area contributed by atoms with Crippen molar-refractivity contribution >= 4 is 11.8 Å². The molecule has 1 atom stereocenters. The molecular formula is C18H16F3N3O4. The first-order chi connectivity index (χ1) is 13.1. The summed E-state index contributed by atoms with van der Waals surface area (Å²) in [4.78, 5) is 41.1. The summed E-state index contributed by atoms with van der Waals surface area (Å²) in [6.45, 7) is 3.14. The van der Waals surface area contributed by atoms with Crippen LogP contribution >= 0.6 is 0 Å². The second-order valence-corrected chi connectivity index (χ2v) is 6.14. The lowest BCUT2D eigenvalue weighted by Gasteiger charge is -2.29. The van der Waals surface area contributed by atoms with Gasteiger partial charge in [-0.3, -0.25) is 14.8 Å². The summed E-state index contributed by atoms with van der Waals surface area (Å²) in [5.41, 5.74) is -2.29. The number of hydrogen-bond acceptors (Lipinski definition) is 5. The zero-order valence-electron chi connectivity index (χ0n) is 14.9. The van der Waals surface area contributed by atoms with Gasteiger partial charge in [-0.15, -0.1) is 0 Å². The summed E-state index contributed by atoms with van der Waals surface area (Å²) < 4.78 is 44.6. The van der Waals surface area contributed by atoms with Crippen LogP contribution in [-0.4, -0.2) is 22.5 Å². The van der Waals surface area contributed by atoms with Crippen molar-refractivity contribution in [3.8, 4) is 0 Å². The molecule has 0 aliphatic carbocycles. The molecule has 10 heteroatoms. The monoisotopic (exact) mass is 395 g/mol. The zero-order chi connectivity index (χ0) is 20.6. The van der Waals surface area contributed by atoms with E-state index in [0.717, 1.165) is 12.1 Å². The van der Waals surface area contributed by atoms with E-state index in [2.05, 4.69) is 10.3 Å². The molecule has 0 amide bonds. The van der Waals surface area contributed by atoms with Crippen LogP contribution in [0, 0.1) is 0 Å². The number of fused-ring (bicyclic) bond motifs is 1. The molecule has 0 bridgehead atoms. The Morgan fingerprint density at radius 2 is 1.93 bits per heavy atom. The van der Waals surface area contributed by atoms with Gasteiger partial charge in [-0.25, -0.2) is 9.59 Å². The average Bonchev–Trinajstić information content (AvgIpc) is 2.59. The van der Waals surface area contributed by atoms with Gasteiger partial charge in [0, 0.05) is 5.70 Å². The fourth-order valence-corrected chi connectivity index (χ4v) is 3.19. The minimum Gasteiger partial charge on any atom is -0.463 e. The fraction of sp³-hybridized carbons (Fsp3) is 0.278. The maximum atomic E-state index is 13.2. The van der Waals surface area contributed by atoms with Crippen LogP contribution in [0.3, 0.4) is 0 Å². The minimum absolute atomic E-state index is 0.00813. The van der Waals surface area contributed by atoms with Gasteiger partial charge in [0.2, 0.25) is 0 Å². The summed E-state index contributed by atoms with van der Waals surface area (Å²) >= 11 is 0. The van der Waals surface area contributed by atoms with E-state index in [9.17, 15) is 27.6 Å². The second kappa shape index (κ2) is 7.02. The van der Waals surface area contributed by atoms with Gasteiger partial charge in [0.25, 0.3) is 5.56 Å². The SMILES string of the molecule is CCOC(=O)C1=C(C)Nc2[nH]c(=O)[nH]c(=O)c2C1c1cccc(C(F)(F)F)c1. The number of rotatable bonds is 3. The van der Waals surface area contributed by atoms with E-state index >= 15 is 0 Å². The molecule has 1 aromatic heterocycles. The highest BCUT2D eigenvalue weighted by Gasteiger charge is 2.37. The van der Waals surface area contributed by atoms with E-state index in [1.165, 1.54) is 19.1 Å². The number of hydrogen-bond donors (Lipinski definition) is 3. The average molecular weight is 395 g/mol. The zero-order valence-corrected chi connectivity index (χ0v) is 14.9. The first kappa shape index (κ1) is 19.5. The molecule has 0 spiro atoms. The third kappa shape index (κ3) is 3.45. The molecule has 2 heterocycles. The van der Waals surface area contributed by atoms with Gasteiger partial charge in [0.1, 0.15) is 5.82 Å². The Kier molecular flexibility index (Phi) is 4.88. The molecule has 148 valence electrons. The number of anilines is 1. The van der Waals surface area contributed by atoms with Gasteiger partial charge in [0.15, 0.2) is 0 Å². The summed E-state index contributed by atoms with van der Waals surface area (Å²) in [6, 6.07) is 4.34. The van der Waals surface area contributed by atoms with Crippen LogP contribution in [0.1, 0.15) is 36.5 Å². The highest BCUT2D eigenvalue weighted by molar-refractivity contribution is 5.94. The Balaban J connectivity index is 2.30. The van der Waals surface area contributed by atoms with Crippen molar-refractivity contribution in [3.05, 3.63) is 73.1 Å². The van der Waals surface area contributed by atoms with Crippen molar-refractivity contribution < 1.29 is 22.7 Å². The van der Waals surface area contributed by atoms with Crippen LogP contribution in [0.15, 0.2) is 45.1 Å². The lowest BCUT2D eigenvalue weighted by Crippen LogP contribution is -2.35. The molecule has 3 rings (SSSR count). The maximum absolute atomic E-state index is 13.2. The van der Waals surface area contributed by atoms with Crippen molar-refractivity contribution in [2.75, 3.05) is 11.9 Å². The van der Waals surface area contributed by atoms with Gasteiger partial charge < -0.3 is 10.1 Å². The molecule has 28 heavy (non-hydrogen) atoms. The van der Waals surface area contributed by atoms with E-state index in [1.807, 2.05) is 4.98 Å². The van der Waals surface area contributed by atoms with E-state index < -0.39 is 34.9 Å². The van der Waals surface area contributed by atoms with Crippen molar-refractivity contribution in [3.63, 3.8) is 0 Å². The molecule has 1 aliphatic rings. The standard InChI is InChI=1S/C18H16F3N3O4/c1-3-28-16(26)11-8(2)22-14-13(15(25)24-17(27)23-14)12(11)9-5-4-6-10(7-9)18(19,20)21/h4-7,12H,3H2,1-2H3,(H3,22,23,24,25,27). The molecule has 1 unspecified atom stereocenters. The topological polar surface area (TPSA) is 104 Å². The third-order valence-electron chi connectivity index (χ3n) is 4.32. The largest absolute Gasteiger partial charge is 0.463 e. The number of alkyl halides is 3. The van der Waals surface area contributed by atoms with Crippen molar-refractivity contribution in [1.29, 1.82) is 0 Å². The predicted molar refractivity (Wildman–Crippen MR) is 93.9 cm³/mol. The lowest BCUT2D eigenvalue weighted by atomic mass is 9.82. The van der Waals surface area contributed by atoms with E-state index in [-0.39, 0.29) is 34.8 Å². The number of carbonyl (C=O) groups is 1. The van der Waals surface area contributed by atoms with Crippen LogP contribution in [-0.2, 0) is 15.7 Å². The summed E-state index contributed by atoms with van der Waals surface area (Å²) in [5.74, 6) is -1.91. The number of halogens is 3. The van der Waals surface area contributed by atoms with Gasteiger partial charge >= 0.3 is 17.8 Å². The van der Waals surface area contributed by atoms with Crippen LogP contribution in [0.5, 0.6) is 0 Å². The lowest BCUT2D eigenvalue weighted by molar-refractivity contribution is -0.139. The summed E-state index contributed by atoms with van der Waals surface area (Å²) in [7, 11) is 0. The molecule has 7 nitrogen and oxygen atoms in total. The number of H-pyrrole nitrogens is 2. The van der Waals surface area contributed by atoms with Gasteiger partial charge in [-0.2, -0.15) is 13.2 Å². The number of aromatic nitrogens is 2. The molecule has 0 radical (unpaired) electrons. The van der Waals surface area contributed by atoms with Crippen LogP contribution in [0.2, 0.25) is 0 Å². The van der Waals surface area contributed by atoms with Crippen molar-refractivity contribution in [1.82, 2.24) is 9.97 Å². The Labute approximate surface area is 156 Å². The second-order valence-electron chi connectivity index (χ2n) is 6.14. The summed E-state index contributed by atoms with van der Waals surface area (Å²) in [5, 5.41) is 2.76. The van der Waals surface area contributed by atoms with E-state index in [4.69, 9.17) is 4.74 Å². The van der Waals surface area contributed by atoms with Crippen molar-refractivity contribution in [2.45, 2.75) is 25.9 Å². The molecule has 1 aromatic carbocycles. The van der Waals surface area contributed by atoms with E-state index in [1.54, 1.807) is 6.92 Å². The smallest absolute Gasteiger partial charge is 0.416 e. The number of esters is 1. The molecule has 0 fully saturated rings. The predicted octanol–water partition coefficient (Wildman–Crippen LogP) is 2.48. The van der Waals surface area contributed by atoms with Crippen molar-refractivity contribution in [2.24, 2.45) is 0 Å². The highest BCUT2D eigenvalue weighted by Crippen LogP contribution is 2.40. The maximum Gasteiger partial charge on any atom is 0.416 e. The number of aromatic amines is 2. The van der Waals surface area contributed by atoms with Gasteiger partial charge in [-0.1, -0.05) is 18.2 Å². The quantitative estimate of drug-likeness (QED) is 0.693. The molecule has 2 aromatic rings. The number of nitrogens with one attached hydrogen (secondary N) is 3. The number of ether oxygens (including phenoxy) is 1. The number of carbonyl (C=O) groups excluding carboxylic acids is 1. The molecule has 1 aliphatic heterocycles. The van der Waals surface area contributed by atoms with Gasteiger partial charge in [-0.05, 0) is 25.5 Å². The highest BCUT2D eigenvalue weighted by atomic mass is 19.4. The fourth-order valence-electron chi connectivity index (χ4n) is 3.19. The Hall–Kier alpha value is -3.30.